The van der Waals surface area contributed by atoms with Gasteiger partial charge in [0, 0.05) is 17.6 Å². The quantitative estimate of drug-likeness (QED) is 0.857. The Hall–Kier alpha value is -1.81. The zero-order chi connectivity index (χ0) is 15.6. The monoisotopic (exact) mass is 288 g/mol. The average Bonchev–Trinajstić information content (AvgIpc) is 2.70. The first-order valence-electron chi connectivity index (χ1n) is 7.56. The summed E-state index contributed by atoms with van der Waals surface area (Å²) in [7, 11) is 0. The Morgan fingerprint density at radius 3 is 2.62 bits per heavy atom. The highest BCUT2D eigenvalue weighted by molar-refractivity contribution is 5.97. The van der Waals surface area contributed by atoms with Crippen molar-refractivity contribution in [1.29, 1.82) is 0 Å². The minimum atomic E-state index is -0.866. The van der Waals surface area contributed by atoms with Crippen molar-refractivity contribution in [3.8, 4) is 0 Å². The van der Waals surface area contributed by atoms with Gasteiger partial charge in [0.1, 0.15) is 0 Å². The lowest BCUT2D eigenvalue weighted by atomic mass is 10.0. The maximum Gasteiger partial charge on any atom is 0.335 e. The van der Waals surface area contributed by atoms with Gasteiger partial charge in [0.05, 0.1) is 11.1 Å². The summed E-state index contributed by atoms with van der Waals surface area (Å²) in [5, 5.41) is 10.4. The van der Waals surface area contributed by atoms with Crippen LogP contribution in [0.4, 0.5) is 0 Å². The predicted molar refractivity (Wildman–Crippen MR) is 86.0 cm³/mol. The number of carbonyl (C=O) groups is 1. The van der Waals surface area contributed by atoms with Gasteiger partial charge in [0.2, 0.25) is 0 Å². The van der Waals surface area contributed by atoms with Crippen LogP contribution in [0.5, 0.6) is 0 Å². The van der Waals surface area contributed by atoms with Crippen LogP contribution in [0, 0.1) is 13.8 Å². The number of hydrogen-bond donors (Lipinski definition) is 2. The molecule has 0 bridgehead atoms. The standard InChI is InChI=1S/C17H24N2O2/c1-4-6-14-12(3)19(8-5-7-18)16-11(2)9-13(17(20)21)10-15(14)16/h9-10H,4-8,18H2,1-3H3,(H,20,21). The second-order valence-electron chi connectivity index (χ2n) is 5.60. The molecule has 0 radical (unpaired) electrons. The number of carboxylic acid groups (broad SMARTS) is 1. The van der Waals surface area contributed by atoms with Crippen LogP contribution in [0.2, 0.25) is 0 Å². The predicted octanol–water partition coefficient (Wildman–Crippen LogP) is 3.26. The maximum atomic E-state index is 11.3. The summed E-state index contributed by atoms with van der Waals surface area (Å²) in [4.78, 5) is 11.3. The van der Waals surface area contributed by atoms with Gasteiger partial charge in [-0.25, -0.2) is 4.79 Å². The Balaban J connectivity index is 2.73. The molecule has 3 N–H and O–H groups in total. The second kappa shape index (κ2) is 6.31. The van der Waals surface area contributed by atoms with Crippen LogP contribution >= 0.6 is 0 Å². The Morgan fingerprint density at radius 2 is 2.05 bits per heavy atom. The molecule has 0 saturated heterocycles. The molecule has 1 aromatic carbocycles. The molecule has 2 rings (SSSR count). The lowest BCUT2D eigenvalue weighted by Gasteiger charge is -2.10. The number of nitrogens with zero attached hydrogens (tertiary/aromatic N) is 1. The van der Waals surface area contributed by atoms with Gasteiger partial charge in [0.15, 0.2) is 0 Å². The molecular weight excluding hydrogens is 264 g/mol. The lowest BCUT2D eigenvalue weighted by molar-refractivity contribution is 0.0697. The molecule has 0 saturated carbocycles. The highest BCUT2D eigenvalue weighted by atomic mass is 16.4. The van der Waals surface area contributed by atoms with Crippen molar-refractivity contribution in [2.75, 3.05) is 6.54 Å². The van der Waals surface area contributed by atoms with E-state index in [4.69, 9.17) is 5.73 Å². The van der Waals surface area contributed by atoms with E-state index in [1.165, 1.54) is 11.3 Å². The molecule has 1 aromatic heterocycles. The Labute approximate surface area is 125 Å². The lowest BCUT2D eigenvalue weighted by Crippen LogP contribution is -2.08. The fraction of sp³-hybridized carbons (Fsp3) is 0.471. The Morgan fingerprint density at radius 1 is 1.33 bits per heavy atom. The third-order valence-corrected chi connectivity index (χ3v) is 4.07. The molecule has 0 atom stereocenters. The van der Waals surface area contributed by atoms with Crippen molar-refractivity contribution >= 4 is 16.9 Å². The van der Waals surface area contributed by atoms with E-state index in [1.807, 2.05) is 13.0 Å². The van der Waals surface area contributed by atoms with Crippen LogP contribution in [-0.2, 0) is 13.0 Å². The van der Waals surface area contributed by atoms with E-state index in [2.05, 4.69) is 18.4 Å². The summed E-state index contributed by atoms with van der Waals surface area (Å²) in [6.07, 6.45) is 2.95. The fourth-order valence-electron chi connectivity index (χ4n) is 3.11. The average molecular weight is 288 g/mol. The summed E-state index contributed by atoms with van der Waals surface area (Å²) in [6.45, 7) is 7.81. The number of carboxylic acids is 1. The van der Waals surface area contributed by atoms with Crippen LogP contribution in [-0.4, -0.2) is 22.2 Å². The SMILES string of the molecule is CCCc1c(C)n(CCCN)c2c(C)cc(C(=O)O)cc12. The number of nitrogens with two attached hydrogens (primary N) is 1. The largest absolute Gasteiger partial charge is 0.478 e. The summed E-state index contributed by atoms with van der Waals surface area (Å²) in [6, 6.07) is 3.58. The van der Waals surface area contributed by atoms with E-state index in [1.54, 1.807) is 6.07 Å². The normalized spacial score (nSPS) is 11.2. The summed E-state index contributed by atoms with van der Waals surface area (Å²) >= 11 is 0. The van der Waals surface area contributed by atoms with Crippen LogP contribution in [0.25, 0.3) is 10.9 Å². The van der Waals surface area contributed by atoms with E-state index in [-0.39, 0.29) is 0 Å². The van der Waals surface area contributed by atoms with Crippen LogP contribution in [0.15, 0.2) is 12.1 Å². The number of aromatic nitrogens is 1. The van der Waals surface area contributed by atoms with E-state index in [0.29, 0.717) is 12.1 Å². The minimum Gasteiger partial charge on any atom is -0.478 e. The van der Waals surface area contributed by atoms with Crippen LogP contribution in [0.1, 0.15) is 46.9 Å². The number of rotatable bonds is 6. The molecule has 0 amide bonds. The first kappa shape index (κ1) is 15.6. The zero-order valence-corrected chi connectivity index (χ0v) is 13.1. The molecule has 0 aliphatic heterocycles. The molecule has 0 unspecified atom stereocenters. The van der Waals surface area contributed by atoms with Gasteiger partial charge in [-0.3, -0.25) is 0 Å². The van der Waals surface area contributed by atoms with Crippen molar-refractivity contribution in [2.45, 2.75) is 46.6 Å². The second-order valence-corrected chi connectivity index (χ2v) is 5.60. The van der Waals surface area contributed by atoms with Crippen LogP contribution < -0.4 is 5.73 Å². The number of aryl methyl sites for hydroxylation is 3. The molecular formula is C17H24N2O2. The number of fused-ring (bicyclic) bond motifs is 1. The van der Waals surface area contributed by atoms with Gasteiger partial charge in [-0.2, -0.15) is 0 Å². The molecule has 0 aliphatic rings. The van der Waals surface area contributed by atoms with Crippen molar-refractivity contribution in [1.82, 2.24) is 4.57 Å². The van der Waals surface area contributed by atoms with Gasteiger partial charge in [-0.05, 0) is 56.5 Å². The molecule has 4 nitrogen and oxygen atoms in total. The molecule has 114 valence electrons. The van der Waals surface area contributed by atoms with Gasteiger partial charge < -0.3 is 15.4 Å². The van der Waals surface area contributed by atoms with E-state index in [9.17, 15) is 9.90 Å². The topological polar surface area (TPSA) is 68.2 Å². The maximum absolute atomic E-state index is 11.3. The third kappa shape index (κ3) is 2.81. The van der Waals surface area contributed by atoms with Crippen LogP contribution in [0.3, 0.4) is 0 Å². The van der Waals surface area contributed by atoms with E-state index < -0.39 is 5.97 Å². The summed E-state index contributed by atoms with van der Waals surface area (Å²) < 4.78 is 2.30. The zero-order valence-electron chi connectivity index (χ0n) is 13.1. The third-order valence-electron chi connectivity index (χ3n) is 4.07. The highest BCUT2D eigenvalue weighted by Crippen LogP contribution is 2.31. The van der Waals surface area contributed by atoms with Gasteiger partial charge in [-0.15, -0.1) is 0 Å². The number of aromatic carboxylic acids is 1. The van der Waals surface area contributed by atoms with E-state index in [0.717, 1.165) is 42.3 Å². The van der Waals surface area contributed by atoms with Gasteiger partial charge in [-0.1, -0.05) is 13.3 Å². The molecule has 4 heteroatoms. The van der Waals surface area contributed by atoms with Gasteiger partial charge >= 0.3 is 5.97 Å². The van der Waals surface area contributed by atoms with Gasteiger partial charge in [0.25, 0.3) is 0 Å². The van der Waals surface area contributed by atoms with Crippen molar-refractivity contribution in [3.05, 3.63) is 34.5 Å². The van der Waals surface area contributed by atoms with Crippen molar-refractivity contribution < 1.29 is 9.90 Å². The van der Waals surface area contributed by atoms with Crippen molar-refractivity contribution in [2.24, 2.45) is 5.73 Å². The highest BCUT2D eigenvalue weighted by Gasteiger charge is 2.17. The summed E-state index contributed by atoms with van der Waals surface area (Å²) in [5.74, 6) is -0.866. The molecule has 0 spiro atoms. The smallest absolute Gasteiger partial charge is 0.335 e. The molecule has 2 aromatic rings. The Kier molecular flexibility index (Phi) is 4.68. The molecule has 0 fully saturated rings. The summed E-state index contributed by atoms with van der Waals surface area (Å²) in [5.41, 5.74) is 10.7. The minimum absolute atomic E-state index is 0.369. The Bertz CT molecular complexity index is 671. The number of benzene rings is 1. The molecule has 1 heterocycles. The first-order valence-corrected chi connectivity index (χ1v) is 7.56. The fourth-order valence-corrected chi connectivity index (χ4v) is 3.11. The number of hydrogen-bond acceptors (Lipinski definition) is 2. The van der Waals surface area contributed by atoms with Crippen molar-refractivity contribution in [3.63, 3.8) is 0 Å². The first-order chi connectivity index (χ1) is 10.0. The molecule has 0 aliphatic carbocycles. The molecule has 21 heavy (non-hydrogen) atoms. The van der Waals surface area contributed by atoms with E-state index >= 15 is 0 Å².